The normalized spacial score (nSPS) is 12.6. The van der Waals surface area contributed by atoms with Crippen LogP contribution < -0.4 is 5.48 Å². The lowest BCUT2D eigenvalue weighted by Crippen LogP contribution is -2.32. The van der Waals surface area contributed by atoms with Crippen molar-refractivity contribution in [1.29, 1.82) is 0 Å². The number of unbranched alkanes of at least 4 members (excludes halogenated alkanes) is 1. The number of rotatable bonds is 10. The Kier molecular flexibility index (Phi) is 7.23. The van der Waals surface area contributed by atoms with Gasteiger partial charge in [0.05, 0.1) is 11.0 Å². The third-order valence-corrected chi connectivity index (χ3v) is 4.52. The monoisotopic (exact) mass is 358 g/mol. The van der Waals surface area contributed by atoms with Gasteiger partial charge >= 0.3 is 0 Å². The molecular weight excluding hydrogens is 324 g/mol. The van der Waals surface area contributed by atoms with Gasteiger partial charge in [0.15, 0.2) is 0 Å². The van der Waals surface area contributed by atoms with Gasteiger partial charge < -0.3 is 9.47 Å². The molecule has 1 aromatic heterocycles. The molecule has 0 amide bonds. The van der Waals surface area contributed by atoms with Gasteiger partial charge in [0.2, 0.25) is 0 Å². The van der Waals surface area contributed by atoms with E-state index in [0.717, 1.165) is 37.9 Å². The number of fused-ring (bicyclic) bond motifs is 1. The molecule has 1 heterocycles. The Labute approximate surface area is 157 Å². The van der Waals surface area contributed by atoms with Crippen molar-refractivity contribution < 1.29 is 5.21 Å². The lowest BCUT2D eigenvalue weighted by atomic mass is 9.92. The highest BCUT2D eigenvalue weighted by Gasteiger charge is 2.23. The maximum absolute atomic E-state index is 8.65. The van der Waals surface area contributed by atoms with E-state index >= 15 is 0 Å². The summed E-state index contributed by atoms with van der Waals surface area (Å²) in [6.07, 6.45) is 7.57. The second kappa shape index (κ2) is 9.19. The first-order valence-electron chi connectivity index (χ1n) is 9.53. The molecule has 0 aliphatic carbocycles. The number of imidazole rings is 1. The molecule has 5 nitrogen and oxygen atoms in total. The van der Waals surface area contributed by atoms with Crippen LogP contribution in [-0.2, 0) is 19.4 Å². The molecule has 0 saturated heterocycles. The fourth-order valence-corrected chi connectivity index (χ4v) is 3.64. The Morgan fingerprint density at radius 3 is 2.73 bits per heavy atom. The van der Waals surface area contributed by atoms with E-state index in [1.807, 2.05) is 11.6 Å². The van der Waals surface area contributed by atoms with Crippen LogP contribution in [0.5, 0.6) is 0 Å². The average molecular weight is 359 g/mol. The lowest BCUT2D eigenvalue weighted by Gasteiger charge is -2.29. The number of allylic oxidation sites excluding steroid dienone is 1. The first kappa shape index (κ1) is 20.5. The molecule has 0 aliphatic heterocycles. The summed E-state index contributed by atoms with van der Waals surface area (Å²) in [5, 5.41) is 8.65. The molecule has 144 valence electrons. The maximum atomic E-state index is 8.65. The Hall–Kier alpha value is -1.85. The maximum Gasteiger partial charge on any atom is 0.109 e. The Balaban J connectivity index is 2.36. The van der Waals surface area contributed by atoms with E-state index in [4.69, 9.17) is 10.2 Å². The molecular formula is C21H34N4O. The van der Waals surface area contributed by atoms with Crippen LogP contribution in [0.1, 0.15) is 45.0 Å². The van der Waals surface area contributed by atoms with Crippen LogP contribution in [0.4, 0.5) is 0 Å². The minimum Gasteiger partial charge on any atom is -0.327 e. The van der Waals surface area contributed by atoms with Gasteiger partial charge in [-0.1, -0.05) is 39.3 Å². The van der Waals surface area contributed by atoms with E-state index in [1.54, 1.807) is 6.20 Å². The lowest BCUT2D eigenvalue weighted by molar-refractivity contribution is 0.211. The van der Waals surface area contributed by atoms with Crippen molar-refractivity contribution in [3.63, 3.8) is 0 Å². The average Bonchev–Trinajstić information content (AvgIpc) is 2.88. The molecule has 0 radical (unpaired) electrons. The zero-order valence-electron chi connectivity index (χ0n) is 16.9. The highest BCUT2D eigenvalue weighted by molar-refractivity contribution is 5.77. The number of hydrogen-bond acceptors (Lipinski definition) is 4. The molecule has 1 aromatic carbocycles. The second-order valence-electron chi connectivity index (χ2n) is 8.18. The van der Waals surface area contributed by atoms with E-state index in [-0.39, 0.29) is 5.41 Å². The van der Waals surface area contributed by atoms with E-state index in [0.29, 0.717) is 0 Å². The van der Waals surface area contributed by atoms with Crippen LogP contribution in [0, 0.1) is 5.41 Å². The van der Waals surface area contributed by atoms with Crippen molar-refractivity contribution in [1.82, 2.24) is 19.9 Å². The Morgan fingerprint density at radius 2 is 2.08 bits per heavy atom. The number of aryl methyl sites for hydroxylation is 1. The predicted octanol–water partition coefficient (Wildman–Crippen LogP) is 4.00. The van der Waals surface area contributed by atoms with Crippen molar-refractivity contribution in [3.05, 3.63) is 41.9 Å². The van der Waals surface area contributed by atoms with Gasteiger partial charge in [0.25, 0.3) is 0 Å². The molecule has 0 atom stereocenters. The quantitative estimate of drug-likeness (QED) is 0.630. The third-order valence-electron chi connectivity index (χ3n) is 4.52. The summed E-state index contributed by atoms with van der Waals surface area (Å²) in [6, 6.07) is 6.52. The fourth-order valence-electron chi connectivity index (χ4n) is 3.64. The van der Waals surface area contributed by atoms with Gasteiger partial charge in [0.1, 0.15) is 5.82 Å². The van der Waals surface area contributed by atoms with Crippen LogP contribution in [-0.4, -0.2) is 40.3 Å². The van der Waals surface area contributed by atoms with Crippen molar-refractivity contribution >= 4 is 11.0 Å². The van der Waals surface area contributed by atoms with Gasteiger partial charge in [-0.25, -0.2) is 4.98 Å². The summed E-state index contributed by atoms with van der Waals surface area (Å²) in [5.41, 5.74) is 5.71. The molecule has 2 aromatic rings. The largest absolute Gasteiger partial charge is 0.327 e. The number of nitrogens with zero attached hydrogens (tertiary/aromatic N) is 3. The molecule has 5 heteroatoms. The number of hydrogen-bond donors (Lipinski definition) is 2. The van der Waals surface area contributed by atoms with Gasteiger partial charge in [-0.3, -0.25) is 10.7 Å². The predicted molar refractivity (Wildman–Crippen MR) is 108 cm³/mol. The van der Waals surface area contributed by atoms with Crippen molar-refractivity contribution in [2.45, 2.75) is 53.0 Å². The number of nitrogens with one attached hydrogen (secondary N) is 1. The molecule has 0 bridgehead atoms. The summed E-state index contributed by atoms with van der Waals surface area (Å²) in [6.45, 7) is 8.88. The topological polar surface area (TPSA) is 53.3 Å². The Bertz CT molecular complexity index is 731. The smallest absolute Gasteiger partial charge is 0.109 e. The van der Waals surface area contributed by atoms with Crippen LogP contribution in [0.2, 0.25) is 0 Å². The van der Waals surface area contributed by atoms with Crippen LogP contribution in [0.3, 0.4) is 0 Å². The summed E-state index contributed by atoms with van der Waals surface area (Å²) < 4.78 is 2.42. The van der Waals surface area contributed by atoms with E-state index in [2.05, 4.69) is 62.5 Å². The minimum atomic E-state index is 0.173. The molecule has 0 unspecified atom stereocenters. The minimum absolute atomic E-state index is 0.173. The Morgan fingerprint density at radius 1 is 1.31 bits per heavy atom. The van der Waals surface area contributed by atoms with Crippen LogP contribution in [0.15, 0.2) is 30.5 Å². The molecule has 0 saturated carbocycles. The first-order valence-corrected chi connectivity index (χ1v) is 9.53. The molecule has 26 heavy (non-hydrogen) atoms. The SMILES string of the molecule is CCCCc1nc2cc(C/C=C/NO)ccc2n1CC(C)(C)CN(C)C. The number of benzene rings is 1. The zero-order valence-corrected chi connectivity index (χ0v) is 16.9. The van der Waals surface area contributed by atoms with Gasteiger partial charge in [-0.05, 0) is 50.0 Å². The molecule has 2 N–H and O–H groups in total. The number of aromatic nitrogens is 2. The van der Waals surface area contributed by atoms with E-state index in [1.165, 1.54) is 23.3 Å². The summed E-state index contributed by atoms with van der Waals surface area (Å²) in [7, 11) is 4.26. The summed E-state index contributed by atoms with van der Waals surface area (Å²) in [5.74, 6) is 1.19. The molecule has 2 rings (SSSR count). The standard InChI is InChI=1S/C21H34N4O/c1-6-7-10-20-23-18-14-17(9-8-13-22-26)11-12-19(18)25(20)16-21(2,3)15-24(4)5/h8,11-14,22,26H,6-7,9-10,15-16H2,1-5H3/b13-8+. The van der Waals surface area contributed by atoms with Crippen molar-refractivity contribution in [2.75, 3.05) is 20.6 Å². The highest BCUT2D eigenvalue weighted by Crippen LogP contribution is 2.26. The van der Waals surface area contributed by atoms with Crippen LogP contribution >= 0.6 is 0 Å². The third kappa shape index (κ3) is 5.58. The summed E-state index contributed by atoms with van der Waals surface area (Å²) >= 11 is 0. The van der Waals surface area contributed by atoms with Gasteiger partial charge in [0, 0.05) is 25.7 Å². The molecule has 0 spiro atoms. The highest BCUT2D eigenvalue weighted by atomic mass is 16.5. The molecule has 0 fully saturated rings. The van der Waals surface area contributed by atoms with Gasteiger partial charge in [-0.2, -0.15) is 0 Å². The summed E-state index contributed by atoms with van der Waals surface area (Å²) in [4.78, 5) is 7.22. The van der Waals surface area contributed by atoms with Gasteiger partial charge in [-0.15, -0.1) is 0 Å². The van der Waals surface area contributed by atoms with Crippen molar-refractivity contribution in [2.24, 2.45) is 5.41 Å². The van der Waals surface area contributed by atoms with Crippen molar-refractivity contribution in [3.8, 4) is 0 Å². The van der Waals surface area contributed by atoms with E-state index < -0.39 is 0 Å². The fraction of sp³-hybridized carbons (Fsp3) is 0.571. The van der Waals surface area contributed by atoms with E-state index in [9.17, 15) is 0 Å². The second-order valence-corrected chi connectivity index (χ2v) is 8.18. The van der Waals surface area contributed by atoms with Crippen LogP contribution in [0.25, 0.3) is 11.0 Å². The first-order chi connectivity index (χ1) is 12.4. The molecule has 0 aliphatic rings. The number of hydroxylamine groups is 1. The zero-order chi connectivity index (χ0) is 19.2.